The van der Waals surface area contributed by atoms with Crippen LogP contribution in [0, 0.1) is 0 Å². The fraction of sp³-hybridized carbons (Fsp3) is 0.316. The van der Waals surface area contributed by atoms with Gasteiger partial charge >= 0.3 is 0 Å². The Morgan fingerprint density at radius 2 is 2.11 bits per heavy atom. The number of benzene rings is 1. The smallest absolute Gasteiger partial charge is 0.250 e. The molecule has 3 heterocycles. The van der Waals surface area contributed by atoms with E-state index in [1.165, 1.54) is 0 Å². The van der Waals surface area contributed by atoms with Crippen molar-refractivity contribution in [3.8, 4) is 11.5 Å². The molecule has 0 aliphatic carbocycles. The predicted molar refractivity (Wildman–Crippen MR) is 100 cm³/mol. The van der Waals surface area contributed by atoms with Crippen LogP contribution in [0.2, 0.25) is 5.02 Å². The molecule has 7 nitrogen and oxygen atoms in total. The Morgan fingerprint density at radius 3 is 2.85 bits per heavy atom. The number of carbonyl (C=O) groups excluding carboxylic acids is 1. The molecule has 1 saturated heterocycles. The lowest BCUT2D eigenvalue weighted by atomic mass is 9.97. The van der Waals surface area contributed by atoms with E-state index in [0.717, 1.165) is 31.5 Å². The topological polar surface area (TPSA) is 84.4 Å². The van der Waals surface area contributed by atoms with Crippen molar-refractivity contribution in [3.05, 3.63) is 53.8 Å². The van der Waals surface area contributed by atoms with E-state index < -0.39 is 0 Å². The molecule has 2 aromatic heterocycles. The Balaban J connectivity index is 1.28. The van der Waals surface area contributed by atoms with Gasteiger partial charge in [0, 0.05) is 16.6 Å². The summed E-state index contributed by atoms with van der Waals surface area (Å²) in [5.41, 5.74) is 1.49. The maximum absolute atomic E-state index is 12.2. The Morgan fingerprint density at radius 1 is 1.26 bits per heavy atom. The molecule has 0 atom stereocenters. The molecule has 3 aromatic rings. The number of likely N-dealkylation sites (tertiary alicyclic amines) is 1. The monoisotopic (exact) mass is 386 g/mol. The fourth-order valence-corrected chi connectivity index (χ4v) is 3.40. The summed E-state index contributed by atoms with van der Waals surface area (Å²) in [4.78, 5) is 14.4. The van der Waals surface area contributed by atoms with E-state index in [0.29, 0.717) is 29.0 Å². The molecule has 0 bridgehead atoms. The quantitative estimate of drug-likeness (QED) is 0.717. The van der Waals surface area contributed by atoms with Gasteiger partial charge in [-0.1, -0.05) is 17.7 Å². The zero-order chi connectivity index (χ0) is 18.6. The number of nitrogens with one attached hydrogen (secondary N) is 1. The van der Waals surface area contributed by atoms with Gasteiger partial charge in [0.1, 0.15) is 6.26 Å². The number of anilines is 1. The average Bonchev–Trinajstić information content (AvgIpc) is 3.34. The number of furan rings is 1. The van der Waals surface area contributed by atoms with Crippen LogP contribution in [0.1, 0.15) is 24.7 Å². The van der Waals surface area contributed by atoms with Crippen LogP contribution >= 0.6 is 11.6 Å². The number of nitrogens with zero attached hydrogens (tertiary/aromatic N) is 3. The second-order valence-corrected chi connectivity index (χ2v) is 7.00. The van der Waals surface area contributed by atoms with Crippen LogP contribution in [-0.4, -0.2) is 40.6 Å². The molecule has 0 saturated carbocycles. The minimum atomic E-state index is -0.0456. The first kappa shape index (κ1) is 17.8. The van der Waals surface area contributed by atoms with Gasteiger partial charge in [-0.25, -0.2) is 0 Å². The predicted octanol–water partition coefficient (Wildman–Crippen LogP) is 3.80. The van der Waals surface area contributed by atoms with Crippen molar-refractivity contribution in [2.45, 2.75) is 18.8 Å². The number of aromatic nitrogens is 2. The van der Waals surface area contributed by atoms with Crippen molar-refractivity contribution in [2.24, 2.45) is 0 Å². The van der Waals surface area contributed by atoms with Crippen LogP contribution in [0.3, 0.4) is 0 Å². The molecule has 0 spiro atoms. The van der Waals surface area contributed by atoms with Gasteiger partial charge < -0.3 is 14.2 Å². The third kappa shape index (κ3) is 4.37. The molecule has 140 valence electrons. The number of amides is 1. The van der Waals surface area contributed by atoms with E-state index in [1.807, 2.05) is 12.1 Å². The van der Waals surface area contributed by atoms with E-state index in [2.05, 4.69) is 20.4 Å². The van der Waals surface area contributed by atoms with Crippen LogP contribution in [0.4, 0.5) is 5.69 Å². The highest BCUT2D eigenvalue weighted by Crippen LogP contribution is 2.29. The van der Waals surface area contributed by atoms with E-state index in [4.69, 9.17) is 20.4 Å². The first-order valence-electron chi connectivity index (χ1n) is 8.81. The van der Waals surface area contributed by atoms with Crippen LogP contribution in [0.15, 0.2) is 51.7 Å². The number of carbonyl (C=O) groups is 1. The number of hydrogen-bond donors (Lipinski definition) is 1. The molecule has 1 aliphatic heterocycles. The summed E-state index contributed by atoms with van der Waals surface area (Å²) in [6.45, 7) is 1.96. The maximum atomic E-state index is 12.2. The van der Waals surface area contributed by atoms with Crippen molar-refractivity contribution in [2.75, 3.05) is 25.0 Å². The average molecular weight is 387 g/mol. The molecule has 0 unspecified atom stereocenters. The molecule has 1 aromatic carbocycles. The molecule has 0 radical (unpaired) electrons. The second-order valence-electron chi connectivity index (χ2n) is 6.57. The molecule has 1 fully saturated rings. The standard InChI is InChI=1S/C19H19ClN4O3/c20-15-2-1-3-16(10-15)21-17(25)11-24-7-4-13(5-8-24)18-22-23-19(27-18)14-6-9-26-12-14/h1-3,6,9-10,12-13H,4-5,7-8,11H2,(H,21,25). The Labute approximate surface area is 161 Å². The van der Waals surface area contributed by atoms with E-state index >= 15 is 0 Å². The van der Waals surface area contributed by atoms with Gasteiger partial charge in [-0.2, -0.15) is 0 Å². The molecule has 1 aliphatic rings. The maximum Gasteiger partial charge on any atom is 0.250 e. The highest BCUT2D eigenvalue weighted by molar-refractivity contribution is 6.30. The summed E-state index contributed by atoms with van der Waals surface area (Å²) < 4.78 is 10.8. The van der Waals surface area contributed by atoms with E-state index in [-0.39, 0.29) is 11.8 Å². The number of piperidine rings is 1. The Bertz CT molecular complexity index is 901. The largest absolute Gasteiger partial charge is 0.472 e. The van der Waals surface area contributed by atoms with Crippen LogP contribution < -0.4 is 5.32 Å². The lowest BCUT2D eigenvalue weighted by Crippen LogP contribution is -2.38. The van der Waals surface area contributed by atoms with Gasteiger partial charge in [-0.3, -0.25) is 9.69 Å². The Hall–Kier alpha value is -2.64. The number of halogens is 1. The van der Waals surface area contributed by atoms with Crippen molar-refractivity contribution >= 4 is 23.2 Å². The van der Waals surface area contributed by atoms with Crippen molar-refractivity contribution in [3.63, 3.8) is 0 Å². The van der Waals surface area contributed by atoms with Gasteiger partial charge in [0.05, 0.1) is 18.4 Å². The minimum absolute atomic E-state index is 0.0456. The van der Waals surface area contributed by atoms with Crippen molar-refractivity contribution in [1.29, 1.82) is 0 Å². The summed E-state index contributed by atoms with van der Waals surface area (Å²) in [5, 5.41) is 11.7. The molecular formula is C19H19ClN4O3. The highest BCUT2D eigenvalue weighted by Gasteiger charge is 2.26. The molecule has 8 heteroatoms. The number of rotatable bonds is 5. The van der Waals surface area contributed by atoms with Crippen LogP contribution in [-0.2, 0) is 4.79 Å². The molecule has 1 N–H and O–H groups in total. The summed E-state index contributed by atoms with van der Waals surface area (Å²) in [7, 11) is 0. The molecule has 27 heavy (non-hydrogen) atoms. The van der Waals surface area contributed by atoms with Crippen LogP contribution in [0.25, 0.3) is 11.5 Å². The highest BCUT2D eigenvalue weighted by atomic mass is 35.5. The summed E-state index contributed by atoms with van der Waals surface area (Å²) in [6, 6.07) is 8.93. The fourth-order valence-electron chi connectivity index (χ4n) is 3.21. The molecule has 1 amide bonds. The van der Waals surface area contributed by atoms with Gasteiger partial charge in [0.25, 0.3) is 5.89 Å². The first-order chi connectivity index (χ1) is 13.2. The molecular weight excluding hydrogens is 368 g/mol. The summed E-state index contributed by atoms with van der Waals surface area (Å²) in [6.07, 6.45) is 4.90. The second kappa shape index (κ2) is 7.94. The van der Waals surface area contributed by atoms with Crippen molar-refractivity contribution < 1.29 is 13.6 Å². The molecule has 4 rings (SSSR count). The van der Waals surface area contributed by atoms with Crippen LogP contribution in [0.5, 0.6) is 0 Å². The Kier molecular flexibility index (Phi) is 5.22. The lowest BCUT2D eigenvalue weighted by Gasteiger charge is -2.29. The minimum Gasteiger partial charge on any atom is -0.472 e. The summed E-state index contributed by atoms with van der Waals surface area (Å²) >= 11 is 5.94. The number of hydrogen-bond acceptors (Lipinski definition) is 6. The van der Waals surface area contributed by atoms with Crippen molar-refractivity contribution in [1.82, 2.24) is 15.1 Å². The van der Waals surface area contributed by atoms with Gasteiger partial charge in [0.15, 0.2) is 0 Å². The zero-order valence-corrected chi connectivity index (χ0v) is 15.4. The van der Waals surface area contributed by atoms with Gasteiger partial charge in [-0.05, 0) is 50.2 Å². The third-order valence-corrected chi connectivity index (χ3v) is 4.86. The SMILES string of the molecule is O=C(CN1CCC(c2nnc(-c3ccoc3)o2)CC1)Nc1cccc(Cl)c1. The van der Waals surface area contributed by atoms with Gasteiger partial charge in [-0.15, -0.1) is 10.2 Å². The lowest BCUT2D eigenvalue weighted by molar-refractivity contribution is -0.117. The van der Waals surface area contributed by atoms with E-state index in [1.54, 1.807) is 30.7 Å². The normalized spacial score (nSPS) is 15.7. The summed E-state index contributed by atoms with van der Waals surface area (Å²) in [5.74, 6) is 1.29. The third-order valence-electron chi connectivity index (χ3n) is 4.62. The first-order valence-corrected chi connectivity index (χ1v) is 9.19. The van der Waals surface area contributed by atoms with Gasteiger partial charge in [0.2, 0.25) is 11.8 Å². The zero-order valence-electron chi connectivity index (χ0n) is 14.6. The van der Waals surface area contributed by atoms with E-state index in [9.17, 15) is 4.79 Å².